The molecule has 22 aromatic carbocycles. The van der Waals surface area contributed by atoms with Gasteiger partial charge in [-0.1, -0.05) is 297 Å². The minimum Gasteiger partial charge on any atom is -0.310 e. The lowest BCUT2D eigenvalue weighted by Gasteiger charge is -2.30. The van der Waals surface area contributed by atoms with E-state index in [1.807, 2.05) is 43.8 Å². The number of nitrogens with zero attached hydrogens (tertiary/aromatic N) is 10. The van der Waals surface area contributed by atoms with E-state index in [9.17, 15) is 0 Å². The highest BCUT2D eigenvalue weighted by Gasteiger charge is 2.30. The number of pyridine rings is 4. The highest BCUT2D eigenvalue weighted by Crippen LogP contribution is 2.54. The van der Waals surface area contributed by atoms with Crippen LogP contribution in [-0.2, 0) is 0 Å². The number of anilines is 18. The maximum atomic E-state index is 4.93. The molecule has 0 radical (unpaired) electrons. The minimum atomic E-state index is 0.877. The lowest BCUT2D eigenvalue weighted by atomic mass is 9.88. The van der Waals surface area contributed by atoms with Crippen molar-refractivity contribution in [3.63, 3.8) is 0 Å². The number of fused-ring (bicyclic) bond motifs is 2. The quantitative estimate of drug-likeness (QED) is 0.0776. The predicted octanol–water partition coefficient (Wildman–Crippen LogP) is 35.7. The molecular weight excluding hydrogens is 1680 g/mol. The van der Waals surface area contributed by atoms with Crippen LogP contribution < -0.4 is 29.4 Å². The number of para-hydroxylation sites is 6. The highest BCUT2D eigenvalue weighted by atomic mass is 15.2. The second kappa shape index (κ2) is 35.4. The number of aromatic nitrogens is 4. The van der Waals surface area contributed by atoms with Crippen molar-refractivity contribution in [1.82, 2.24) is 19.9 Å². The second-order valence-electron chi connectivity index (χ2n) is 35.4. The number of hydrogen-bond donors (Lipinski definition) is 0. The fourth-order valence-electron chi connectivity index (χ4n) is 20.8. The van der Waals surface area contributed by atoms with E-state index in [0.717, 1.165) is 103 Å². The van der Waals surface area contributed by atoms with Gasteiger partial charge in [-0.3, -0.25) is 19.7 Å². The van der Waals surface area contributed by atoms with Gasteiger partial charge in [0.1, 0.15) is 17.5 Å². The Labute approximate surface area is 801 Å². The largest absolute Gasteiger partial charge is 0.310 e. The Morgan fingerprint density at radius 1 is 0.159 bits per heavy atom. The molecule has 10 heteroatoms. The zero-order valence-electron chi connectivity index (χ0n) is 76.7. The summed E-state index contributed by atoms with van der Waals surface area (Å²) < 4.78 is 0. The number of aryl methyl sites for hydroxylation is 4. The smallest absolute Gasteiger partial charge is 0.137 e. The molecule has 138 heavy (non-hydrogen) atoms. The van der Waals surface area contributed by atoms with Crippen molar-refractivity contribution in [2.24, 2.45) is 0 Å². The van der Waals surface area contributed by atoms with Gasteiger partial charge in [0.15, 0.2) is 0 Å². The van der Waals surface area contributed by atoms with Gasteiger partial charge in [0.2, 0.25) is 0 Å². The third-order valence-electron chi connectivity index (χ3n) is 27.1. The molecular formula is C128H92N10. The molecule has 0 aliphatic rings. The molecule has 654 valence electrons. The first-order chi connectivity index (χ1) is 68.2. The molecule has 0 spiro atoms. The third kappa shape index (κ3) is 14.8. The van der Waals surface area contributed by atoms with Crippen LogP contribution in [0.5, 0.6) is 0 Å². The van der Waals surface area contributed by atoms with Crippen LogP contribution in [0.25, 0.3) is 118 Å². The van der Waals surface area contributed by atoms with Gasteiger partial charge in [0, 0.05) is 101 Å². The topological polar surface area (TPSA) is 71.0 Å². The zero-order valence-corrected chi connectivity index (χ0v) is 76.7. The number of hydrogen-bond acceptors (Lipinski definition) is 10. The van der Waals surface area contributed by atoms with Crippen LogP contribution in [0.2, 0.25) is 0 Å². The fourth-order valence-corrected chi connectivity index (χ4v) is 20.8. The molecule has 0 amide bonds. The summed E-state index contributed by atoms with van der Waals surface area (Å²) >= 11 is 0. The maximum Gasteiger partial charge on any atom is 0.137 e. The normalized spacial score (nSPS) is 11.5. The molecule has 4 aromatic heterocycles. The van der Waals surface area contributed by atoms with Crippen LogP contribution in [0.4, 0.5) is 103 Å². The first kappa shape index (κ1) is 83.0. The Bertz CT molecular complexity index is 8320. The van der Waals surface area contributed by atoms with E-state index in [1.54, 1.807) is 0 Å². The molecule has 0 fully saturated rings. The Hall–Kier alpha value is -18.1. The molecule has 0 bridgehead atoms. The van der Waals surface area contributed by atoms with E-state index in [-0.39, 0.29) is 0 Å². The van der Waals surface area contributed by atoms with Crippen molar-refractivity contribution < 1.29 is 0 Å². The first-order valence-electron chi connectivity index (χ1n) is 47.0. The molecule has 0 saturated carbocycles. The van der Waals surface area contributed by atoms with E-state index >= 15 is 0 Å². The Balaban J connectivity index is 0.000000113. The molecule has 0 aliphatic carbocycles. The molecule has 0 atom stereocenters. The van der Waals surface area contributed by atoms with Crippen molar-refractivity contribution in [3.8, 4) is 0 Å². The molecule has 10 nitrogen and oxygen atoms in total. The van der Waals surface area contributed by atoms with Gasteiger partial charge in [-0.2, -0.15) is 0 Å². The molecule has 0 saturated heterocycles. The van der Waals surface area contributed by atoms with E-state index in [0.29, 0.717) is 0 Å². The van der Waals surface area contributed by atoms with Crippen molar-refractivity contribution in [2.45, 2.75) is 27.7 Å². The van der Waals surface area contributed by atoms with Crippen LogP contribution in [0.15, 0.2) is 486 Å². The summed E-state index contributed by atoms with van der Waals surface area (Å²) in [4.78, 5) is 33.4. The van der Waals surface area contributed by atoms with E-state index < -0.39 is 0 Å². The summed E-state index contributed by atoms with van der Waals surface area (Å²) in [5.41, 5.74) is 21.3. The van der Waals surface area contributed by atoms with Gasteiger partial charge in [-0.15, -0.1) is 0 Å². The minimum absolute atomic E-state index is 0.877. The van der Waals surface area contributed by atoms with Gasteiger partial charge in [0.05, 0.1) is 57.4 Å². The molecule has 0 aliphatic heterocycles. The lowest BCUT2D eigenvalue weighted by molar-refractivity contribution is 1.17. The third-order valence-corrected chi connectivity index (χ3v) is 27.1. The van der Waals surface area contributed by atoms with Crippen LogP contribution >= 0.6 is 0 Å². The standard InChI is InChI=1S/C48H34N4.C40H30N4.C40H28N2/c1-31-29-43(51(45-21-7-9-27-49-45)41-19-11-15-33-13-3-5-17-37(33)41)39-26-24-36-32(2)30-44(40-25-23-35(31)47(39)48(36)40)52(46-22-8-10-28-50-46)42-20-12-16-34-14-4-6-18-38(34)42;1-27-13-24-38(42-25-27)44(32-11-7-4-8-12-32)37-23-18-30-15-20-34-36(22-17-29-16-21-35(37)40(30)39(29)34)43(31-9-5-3-6-10-31)33-19-14-28(2)41-26-33;1-5-13-31(14-6-1)41(32-15-7-2-8-16-32)37-27-23-29-22-26-36-38(28-24-30-21-25-35(37)39(29)40(30)36)42(33-17-9-3-10-18-33)34-19-11-4-12-20-34/h3-30H,1-2H3;3-26H,1-2H3;1-28H. The summed E-state index contributed by atoms with van der Waals surface area (Å²) in [6.45, 7) is 8.57. The summed E-state index contributed by atoms with van der Waals surface area (Å²) in [6, 6.07) is 165. The zero-order chi connectivity index (χ0) is 92.3. The molecule has 0 unspecified atom stereocenters. The van der Waals surface area contributed by atoms with Crippen molar-refractivity contribution >= 4 is 221 Å². The average Bonchev–Trinajstić information content (AvgIpc) is 0.732. The van der Waals surface area contributed by atoms with Crippen LogP contribution in [0.3, 0.4) is 0 Å². The number of rotatable bonds is 18. The van der Waals surface area contributed by atoms with Crippen molar-refractivity contribution in [2.75, 3.05) is 29.4 Å². The maximum absolute atomic E-state index is 4.93. The Kier molecular flexibility index (Phi) is 21.3. The Morgan fingerprint density at radius 3 is 0.804 bits per heavy atom. The first-order valence-corrected chi connectivity index (χ1v) is 47.0. The SMILES string of the molecule is Cc1cc(N(c2ccccn2)c2cccc3ccccc23)c2ccc3c(C)cc(N(c4ccccn4)c4cccc5ccccc45)c4ccc1c2c34.Cc1ccc(N(c2ccccc2)c2ccc3ccc4c(N(c5ccccc5)c5ccc(C)nc5)ccc5ccc2c3c54)nc1.c1ccc(N(c2ccccc2)c2ccc3ccc4c(N(c5ccccc5)c5ccccc5)ccc5ccc2c3c54)cc1. The van der Waals surface area contributed by atoms with Gasteiger partial charge < -0.3 is 14.7 Å². The molecule has 26 aromatic rings. The van der Waals surface area contributed by atoms with E-state index in [4.69, 9.17) is 15.0 Å². The molecule has 0 N–H and O–H groups in total. The average molecular weight is 1770 g/mol. The van der Waals surface area contributed by atoms with Crippen molar-refractivity contribution in [1.29, 1.82) is 0 Å². The predicted molar refractivity (Wildman–Crippen MR) is 584 cm³/mol. The van der Waals surface area contributed by atoms with Crippen LogP contribution in [0, 0.1) is 27.7 Å². The van der Waals surface area contributed by atoms with E-state index in [2.05, 4.69) is 504 Å². The summed E-state index contributed by atoms with van der Waals surface area (Å²) in [7, 11) is 0. The van der Waals surface area contributed by atoms with Crippen molar-refractivity contribution in [3.05, 3.63) is 508 Å². The van der Waals surface area contributed by atoms with Gasteiger partial charge in [0.25, 0.3) is 0 Å². The summed E-state index contributed by atoms with van der Waals surface area (Å²) in [5.74, 6) is 2.64. The Morgan fingerprint density at radius 2 is 0.457 bits per heavy atom. The van der Waals surface area contributed by atoms with Gasteiger partial charge >= 0.3 is 0 Å². The van der Waals surface area contributed by atoms with Gasteiger partial charge in [-0.05, 0) is 284 Å². The summed E-state index contributed by atoms with van der Waals surface area (Å²) in [6.07, 6.45) is 7.66. The van der Waals surface area contributed by atoms with E-state index in [1.165, 1.54) is 141 Å². The van der Waals surface area contributed by atoms with Crippen LogP contribution in [-0.4, -0.2) is 19.9 Å². The molecule has 4 heterocycles. The molecule has 26 rings (SSSR count). The fraction of sp³-hybridized carbons (Fsp3) is 0.0312. The lowest BCUT2D eigenvalue weighted by Crippen LogP contribution is -2.14. The number of benzene rings is 22. The monoisotopic (exact) mass is 1770 g/mol. The second-order valence-corrected chi connectivity index (χ2v) is 35.4. The highest BCUT2D eigenvalue weighted by molar-refractivity contribution is 6.32. The van der Waals surface area contributed by atoms with Crippen LogP contribution in [0.1, 0.15) is 22.4 Å². The van der Waals surface area contributed by atoms with Gasteiger partial charge in [-0.25, -0.2) is 15.0 Å². The summed E-state index contributed by atoms with van der Waals surface area (Å²) in [5, 5.41) is 27.0.